The van der Waals surface area contributed by atoms with Crippen molar-refractivity contribution in [3.8, 4) is 5.75 Å². The Balaban J connectivity index is 1.67. The molecule has 0 aromatic heterocycles. The van der Waals surface area contributed by atoms with Crippen LogP contribution >= 0.6 is 0 Å². The molecule has 5 nitrogen and oxygen atoms in total. The minimum Gasteiger partial charge on any atom is -0.485 e. The van der Waals surface area contributed by atoms with E-state index in [4.69, 9.17) is 4.74 Å². The first-order chi connectivity index (χ1) is 11.8. The first-order valence-electron chi connectivity index (χ1n) is 8.97. The SMILES string of the molecule is CN1CCC(C(=O)N2CC[C@@](C)(O)[C@H](Oc3cccc(F)c3)C2)CC1. The summed E-state index contributed by atoms with van der Waals surface area (Å²) in [5.41, 5.74) is -1.05. The molecule has 0 saturated carbocycles. The molecule has 2 atom stereocenters. The van der Waals surface area contributed by atoms with E-state index in [0.29, 0.717) is 25.3 Å². The third kappa shape index (κ3) is 4.30. The molecular formula is C19H27FN2O3. The Labute approximate surface area is 148 Å². The van der Waals surface area contributed by atoms with E-state index in [2.05, 4.69) is 11.9 Å². The van der Waals surface area contributed by atoms with E-state index in [1.54, 1.807) is 24.0 Å². The average molecular weight is 350 g/mol. The van der Waals surface area contributed by atoms with Crippen molar-refractivity contribution in [1.82, 2.24) is 9.80 Å². The summed E-state index contributed by atoms with van der Waals surface area (Å²) in [5, 5.41) is 10.6. The molecule has 2 saturated heterocycles. The summed E-state index contributed by atoms with van der Waals surface area (Å²) in [5.74, 6) is 0.191. The van der Waals surface area contributed by atoms with Gasteiger partial charge in [0.15, 0.2) is 0 Å². The number of nitrogens with zero attached hydrogens (tertiary/aromatic N) is 2. The average Bonchev–Trinajstić information content (AvgIpc) is 2.57. The Hall–Kier alpha value is -1.66. The molecule has 0 aliphatic carbocycles. The van der Waals surface area contributed by atoms with Crippen LogP contribution in [0.2, 0.25) is 0 Å². The lowest BCUT2D eigenvalue weighted by molar-refractivity contribution is -0.148. The minimum atomic E-state index is -1.05. The van der Waals surface area contributed by atoms with Crippen LogP contribution in [0.15, 0.2) is 24.3 Å². The quantitative estimate of drug-likeness (QED) is 0.905. The van der Waals surface area contributed by atoms with Gasteiger partial charge in [-0.25, -0.2) is 4.39 Å². The normalized spacial score (nSPS) is 28.8. The lowest BCUT2D eigenvalue weighted by atomic mass is 9.88. The number of benzene rings is 1. The van der Waals surface area contributed by atoms with Crippen LogP contribution in [0.4, 0.5) is 4.39 Å². The molecule has 1 aromatic rings. The number of aliphatic hydroxyl groups is 1. The van der Waals surface area contributed by atoms with Crippen LogP contribution in [0.25, 0.3) is 0 Å². The van der Waals surface area contributed by atoms with E-state index >= 15 is 0 Å². The molecule has 2 heterocycles. The maximum Gasteiger partial charge on any atom is 0.225 e. The van der Waals surface area contributed by atoms with Crippen molar-refractivity contribution >= 4 is 5.91 Å². The van der Waals surface area contributed by atoms with Crippen LogP contribution in [0.3, 0.4) is 0 Å². The molecule has 1 amide bonds. The number of likely N-dealkylation sites (tertiary alicyclic amines) is 2. The lowest BCUT2D eigenvalue weighted by Gasteiger charge is -2.43. The van der Waals surface area contributed by atoms with Crippen LogP contribution in [-0.4, -0.2) is 65.7 Å². The molecule has 0 bridgehead atoms. The zero-order valence-electron chi connectivity index (χ0n) is 14.9. The van der Waals surface area contributed by atoms with Gasteiger partial charge in [0.2, 0.25) is 5.91 Å². The minimum absolute atomic E-state index is 0.0501. The highest BCUT2D eigenvalue weighted by Crippen LogP contribution is 2.29. The summed E-state index contributed by atoms with van der Waals surface area (Å²) in [6.45, 7) is 4.45. The standard InChI is InChI=1S/C19H27FN2O3/c1-19(24)8-11-22(18(23)14-6-9-21(2)10-7-14)13-17(19)25-16-5-3-4-15(20)12-16/h3-5,12,14,17,24H,6-11,13H2,1-2H3/t17-,19-/m1/s1. The fraction of sp³-hybridized carbons (Fsp3) is 0.632. The van der Waals surface area contributed by atoms with Gasteiger partial charge < -0.3 is 19.6 Å². The number of hydrogen-bond donors (Lipinski definition) is 1. The highest BCUT2D eigenvalue weighted by molar-refractivity contribution is 5.79. The third-order valence-corrected chi connectivity index (χ3v) is 5.42. The van der Waals surface area contributed by atoms with E-state index < -0.39 is 11.7 Å². The topological polar surface area (TPSA) is 53.0 Å². The number of hydrogen-bond acceptors (Lipinski definition) is 4. The van der Waals surface area contributed by atoms with E-state index in [-0.39, 0.29) is 17.6 Å². The number of rotatable bonds is 3. The largest absolute Gasteiger partial charge is 0.485 e. The second kappa shape index (κ2) is 7.30. The molecule has 0 spiro atoms. The van der Waals surface area contributed by atoms with Gasteiger partial charge in [0.05, 0.1) is 6.54 Å². The number of carbonyl (C=O) groups is 1. The van der Waals surface area contributed by atoms with Crippen molar-refractivity contribution < 1.29 is 19.0 Å². The number of piperidine rings is 2. The van der Waals surface area contributed by atoms with E-state index in [0.717, 1.165) is 25.9 Å². The lowest BCUT2D eigenvalue weighted by Crippen LogP contribution is -2.58. The van der Waals surface area contributed by atoms with Crippen LogP contribution in [0, 0.1) is 11.7 Å². The van der Waals surface area contributed by atoms with E-state index in [1.807, 2.05) is 0 Å². The van der Waals surface area contributed by atoms with Crippen molar-refractivity contribution in [2.75, 3.05) is 33.2 Å². The van der Waals surface area contributed by atoms with Crippen molar-refractivity contribution in [1.29, 1.82) is 0 Å². The summed E-state index contributed by atoms with van der Waals surface area (Å²) in [7, 11) is 2.07. The summed E-state index contributed by atoms with van der Waals surface area (Å²) in [6, 6.07) is 5.89. The van der Waals surface area contributed by atoms with Crippen molar-refractivity contribution in [3.63, 3.8) is 0 Å². The zero-order valence-corrected chi connectivity index (χ0v) is 14.9. The molecule has 1 aromatic carbocycles. The molecule has 0 radical (unpaired) electrons. The van der Waals surface area contributed by atoms with Crippen molar-refractivity contribution in [2.24, 2.45) is 5.92 Å². The summed E-state index contributed by atoms with van der Waals surface area (Å²) in [4.78, 5) is 16.9. The van der Waals surface area contributed by atoms with Crippen LogP contribution in [0.1, 0.15) is 26.2 Å². The van der Waals surface area contributed by atoms with Crippen molar-refractivity contribution in [3.05, 3.63) is 30.1 Å². The van der Waals surface area contributed by atoms with Gasteiger partial charge in [-0.3, -0.25) is 4.79 Å². The van der Waals surface area contributed by atoms with Gasteiger partial charge in [0.1, 0.15) is 23.3 Å². The Morgan fingerprint density at radius 1 is 1.32 bits per heavy atom. The second-order valence-electron chi connectivity index (χ2n) is 7.53. The molecule has 2 aliphatic rings. The summed E-state index contributed by atoms with van der Waals surface area (Å²) >= 11 is 0. The Bertz CT molecular complexity index is 614. The zero-order chi connectivity index (χ0) is 18.0. The number of carbonyl (C=O) groups excluding carboxylic acids is 1. The summed E-state index contributed by atoms with van der Waals surface area (Å²) in [6.07, 6.45) is 1.62. The van der Waals surface area contributed by atoms with Gasteiger partial charge in [-0.05, 0) is 58.5 Å². The molecule has 3 rings (SSSR count). The predicted molar refractivity (Wildman–Crippen MR) is 92.9 cm³/mol. The van der Waals surface area contributed by atoms with Gasteiger partial charge >= 0.3 is 0 Å². The van der Waals surface area contributed by atoms with Gasteiger partial charge in [0, 0.05) is 18.5 Å². The maximum atomic E-state index is 13.4. The van der Waals surface area contributed by atoms with Gasteiger partial charge in [0.25, 0.3) is 0 Å². The van der Waals surface area contributed by atoms with Crippen molar-refractivity contribution in [2.45, 2.75) is 37.9 Å². The monoisotopic (exact) mass is 350 g/mol. The molecule has 0 unspecified atom stereocenters. The summed E-state index contributed by atoms with van der Waals surface area (Å²) < 4.78 is 19.2. The Kier molecular flexibility index (Phi) is 5.29. The Morgan fingerprint density at radius 3 is 2.72 bits per heavy atom. The van der Waals surface area contributed by atoms with Gasteiger partial charge in [-0.15, -0.1) is 0 Å². The maximum absolute atomic E-state index is 13.4. The van der Waals surface area contributed by atoms with Gasteiger partial charge in [-0.2, -0.15) is 0 Å². The molecule has 6 heteroatoms. The molecule has 1 N–H and O–H groups in total. The first kappa shape index (κ1) is 18.1. The molecule has 2 aliphatic heterocycles. The fourth-order valence-corrected chi connectivity index (χ4v) is 3.59. The number of ether oxygens (including phenoxy) is 1. The molecule has 2 fully saturated rings. The smallest absolute Gasteiger partial charge is 0.225 e. The van der Waals surface area contributed by atoms with Gasteiger partial charge in [-0.1, -0.05) is 6.07 Å². The highest BCUT2D eigenvalue weighted by Gasteiger charge is 2.42. The highest BCUT2D eigenvalue weighted by atomic mass is 19.1. The van der Waals surface area contributed by atoms with Crippen LogP contribution < -0.4 is 4.74 Å². The Morgan fingerprint density at radius 2 is 2.04 bits per heavy atom. The molecule has 138 valence electrons. The van der Waals surface area contributed by atoms with E-state index in [9.17, 15) is 14.3 Å². The number of amides is 1. The number of halogens is 1. The first-order valence-corrected chi connectivity index (χ1v) is 8.97. The fourth-order valence-electron chi connectivity index (χ4n) is 3.59. The van der Waals surface area contributed by atoms with Crippen LogP contribution in [0.5, 0.6) is 5.75 Å². The van der Waals surface area contributed by atoms with Crippen LogP contribution in [-0.2, 0) is 4.79 Å². The third-order valence-electron chi connectivity index (χ3n) is 5.42. The molecular weight excluding hydrogens is 323 g/mol. The van der Waals surface area contributed by atoms with E-state index in [1.165, 1.54) is 12.1 Å². The molecule has 25 heavy (non-hydrogen) atoms. The predicted octanol–water partition coefficient (Wildman–Crippen LogP) is 1.90. The second-order valence-corrected chi connectivity index (χ2v) is 7.53.